The highest BCUT2D eigenvalue weighted by Crippen LogP contribution is 2.18. The van der Waals surface area contributed by atoms with Crippen LogP contribution in [0.3, 0.4) is 0 Å². The standard InChI is InChI=1S/C21H28N2O5/c1-5-8-13-23-19(21(25)27-7-3)22-18(17(6-2)20(23)24)14-28-16-11-9-15(26-4)10-12-16/h9-12H,5-8,13-14H2,1-4H3. The fourth-order valence-electron chi connectivity index (χ4n) is 2.81. The van der Waals surface area contributed by atoms with Gasteiger partial charge in [-0.3, -0.25) is 9.36 Å². The minimum atomic E-state index is -0.593. The van der Waals surface area contributed by atoms with E-state index in [-0.39, 0.29) is 24.6 Å². The summed E-state index contributed by atoms with van der Waals surface area (Å²) in [7, 11) is 1.60. The fourth-order valence-corrected chi connectivity index (χ4v) is 2.81. The predicted molar refractivity (Wildman–Crippen MR) is 106 cm³/mol. The molecular formula is C21H28N2O5. The van der Waals surface area contributed by atoms with Gasteiger partial charge < -0.3 is 14.2 Å². The molecule has 0 atom stereocenters. The molecule has 2 aromatic rings. The molecule has 0 aliphatic heterocycles. The molecule has 0 radical (unpaired) electrons. The van der Waals surface area contributed by atoms with Gasteiger partial charge in [0.1, 0.15) is 18.1 Å². The lowest BCUT2D eigenvalue weighted by molar-refractivity contribution is 0.0502. The van der Waals surface area contributed by atoms with Crippen LogP contribution >= 0.6 is 0 Å². The molecule has 7 nitrogen and oxygen atoms in total. The van der Waals surface area contributed by atoms with Crippen molar-refractivity contribution in [1.82, 2.24) is 9.55 Å². The summed E-state index contributed by atoms with van der Waals surface area (Å²) in [6.07, 6.45) is 2.18. The zero-order valence-electron chi connectivity index (χ0n) is 17.0. The van der Waals surface area contributed by atoms with Crippen molar-refractivity contribution in [2.24, 2.45) is 0 Å². The van der Waals surface area contributed by atoms with Crippen LogP contribution in [0.2, 0.25) is 0 Å². The first kappa shape index (κ1) is 21.5. The third-order valence-electron chi connectivity index (χ3n) is 4.33. The molecule has 1 aromatic carbocycles. The number of carbonyl (C=O) groups is 1. The zero-order chi connectivity index (χ0) is 20.5. The van der Waals surface area contributed by atoms with Gasteiger partial charge in [0.2, 0.25) is 5.82 Å². The molecule has 0 bridgehead atoms. The van der Waals surface area contributed by atoms with Crippen LogP contribution in [-0.2, 0) is 24.3 Å². The van der Waals surface area contributed by atoms with E-state index >= 15 is 0 Å². The molecule has 0 fully saturated rings. The number of rotatable bonds is 10. The summed E-state index contributed by atoms with van der Waals surface area (Å²) in [5.74, 6) is 0.787. The first-order valence-corrected chi connectivity index (χ1v) is 9.62. The molecule has 0 N–H and O–H groups in total. The Balaban J connectivity index is 2.38. The van der Waals surface area contributed by atoms with Crippen LogP contribution in [0.25, 0.3) is 0 Å². The van der Waals surface area contributed by atoms with Gasteiger partial charge in [-0.15, -0.1) is 0 Å². The molecule has 0 saturated carbocycles. The summed E-state index contributed by atoms with van der Waals surface area (Å²) >= 11 is 0. The number of hydrogen-bond acceptors (Lipinski definition) is 6. The number of carbonyl (C=O) groups excluding carboxylic acids is 1. The second-order valence-electron chi connectivity index (χ2n) is 6.21. The molecule has 152 valence electrons. The molecule has 0 unspecified atom stereocenters. The van der Waals surface area contributed by atoms with Crippen molar-refractivity contribution in [2.45, 2.75) is 53.2 Å². The average Bonchev–Trinajstić information content (AvgIpc) is 2.71. The third-order valence-corrected chi connectivity index (χ3v) is 4.33. The van der Waals surface area contributed by atoms with E-state index in [1.165, 1.54) is 4.57 Å². The van der Waals surface area contributed by atoms with Crippen molar-refractivity contribution in [3.63, 3.8) is 0 Å². The first-order valence-electron chi connectivity index (χ1n) is 9.62. The molecule has 0 spiro atoms. The Labute approximate surface area is 165 Å². The number of methoxy groups -OCH3 is 1. The second kappa shape index (κ2) is 10.5. The van der Waals surface area contributed by atoms with Crippen molar-refractivity contribution in [2.75, 3.05) is 13.7 Å². The van der Waals surface area contributed by atoms with Crippen LogP contribution < -0.4 is 15.0 Å². The smallest absolute Gasteiger partial charge is 0.374 e. The maximum absolute atomic E-state index is 13.0. The number of esters is 1. The Morgan fingerprint density at radius 3 is 2.36 bits per heavy atom. The summed E-state index contributed by atoms with van der Waals surface area (Å²) in [6.45, 7) is 6.38. The van der Waals surface area contributed by atoms with Crippen LogP contribution in [0.1, 0.15) is 55.5 Å². The molecule has 0 amide bonds. The lowest BCUT2D eigenvalue weighted by Crippen LogP contribution is -2.33. The van der Waals surface area contributed by atoms with E-state index in [0.29, 0.717) is 30.0 Å². The van der Waals surface area contributed by atoms with Gasteiger partial charge >= 0.3 is 5.97 Å². The van der Waals surface area contributed by atoms with Crippen molar-refractivity contribution >= 4 is 5.97 Å². The van der Waals surface area contributed by atoms with Gasteiger partial charge in [0.25, 0.3) is 5.56 Å². The maximum atomic E-state index is 13.0. The maximum Gasteiger partial charge on any atom is 0.374 e. The molecule has 1 aromatic heterocycles. The second-order valence-corrected chi connectivity index (χ2v) is 6.21. The quantitative estimate of drug-likeness (QED) is 0.581. The molecule has 1 heterocycles. The number of ether oxygens (including phenoxy) is 3. The molecule has 0 aliphatic carbocycles. The minimum absolute atomic E-state index is 0.0332. The van der Waals surface area contributed by atoms with Crippen molar-refractivity contribution in [3.05, 3.63) is 51.7 Å². The molecule has 7 heteroatoms. The SMILES string of the molecule is CCCCn1c(C(=O)OCC)nc(COc2ccc(OC)cc2)c(CC)c1=O. The highest BCUT2D eigenvalue weighted by Gasteiger charge is 2.21. The van der Waals surface area contributed by atoms with Crippen LogP contribution in [0.5, 0.6) is 11.5 Å². The largest absolute Gasteiger partial charge is 0.497 e. The predicted octanol–water partition coefficient (Wildman–Crippen LogP) is 3.37. The average molecular weight is 388 g/mol. The minimum Gasteiger partial charge on any atom is -0.497 e. The van der Waals surface area contributed by atoms with Crippen LogP contribution in [-0.4, -0.2) is 29.2 Å². The van der Waals surface area contributed by atoms with Gasteiger partial charge in [-0.05, 0) is 44.0 Å². The van der Waals surface area contributed by atoms with Crippen molar-refractivity contribution in [3.8, 4) is 11.5 Å². The molecule has 28 heavy (non-hydrogen) atoms. The van der Waals surface area contributed by atoms with E-state index < -0.39 is 5.97 Å². The lowest BCUT2D eigenvalue weighted by Gasteiger charge is -2.16. The third kappa shape index (κ3) is 5.12. The summed E-state index contributed by atoms with van der Waals surface area (Å²) in [6, 6.07) is 7.13. The summed E-state index contributed by atoms with van der Waals surface area (Å²) in [5, 5.41) is 0. The normalized spacial score (nSPS) is 10.6. The zero-order valence-corrected chi connectivity index (χ0v) is 17.0. The summed E-state index contributed by atoms with van der Waals surface area (Å²) in [5.41, 5.74) is 0.805. The topological polar surface area (TPSA) is 79.7 Å². The van der Waals surface area contributed by atoms with E-state index in [1.807, 2.05) is 13.8 Å². The lowest BCUT2D eigenvalue weighted by atomic mass is 10.1. The van der Waals surface area contributed by atoms with Gasteiger partial charge in [0.15, 0.2) is 0 Å². The van der Waals surface area contributed by atoms with Gasteiger partial charge in [0.05, 0.1) is 19.4 Å². The summed E-state index contributed by atoms with van der Waals surface area (Å²) < 4.78 is 17.4. The number of hydrogen-bond donors (Lipinski definition) is 0. The van der Waals surface area contributed by atoms with E-state index in [2.05, 4.69) is 4.98 Å². The highest BCUT2D eigenvalue weighted by molar-refractivity contribution is 5.85. The Kier molecular flexibility index (Phi) is 8.04. The Morgan fingerprint density at radius 2 is 1.79 bits per heavy atom. The van der Waals surface area contributed by atoms with Crippen LogP contribution in [0.15, 0.2) is 29.1 Å². The number of benzene rings is 1. The fraction of sp³-hybridized carbons (Fsp3) is 0.476. The molecule has 0 aliphatic rings. The van der Waals surface area contributed by atoms with E-state index in [1.54, 1.807) is 38.3 Å². The first-order chi connectivity index (χ1) is 13.5. The van der Waals surface area contributed by atoms with E-state index in [4.69, 9.17) is 14.2 Å². The molecule has 0 saturated heterocycles. The summed E-state index contributed by atoms with van der Waals surface area (Å²) in [4.78, 5) is 29.8. The van der Waals surface area contributed by atoms with Gasteiger partial charge in [-0.1, -0.05) is 20.3 Å². The van der Waals surface area contributed by atoms with E-state index in [0.717, 1.165) is 18.6 Å². The van der Waals surface area contributed by atoms with Crippen LogP contribution in [0.4, 0.5) is 0 Å². The van der Waals surface area contributed by atoms with E-state index in [9.17, 15) is 9.59 Å². The number of nitrogens with zero attached hydrogens (tertiary/aromatic N) is 2. The Bertz CT molecular complexity index is 843. The Hall–Kier alpha value is -2.83. The van der Waals surface area contributed by atoms with Crippen LogP contribution in [0, 0.1) is 0 Å². The van der Waals surface area contributed by atoms with Crippen molar-refractivity contribution < 1.29 is 19.0 Å². The van der Waals surface area contributed by atoms with Gasteiger partial charge in [-0.2, -0.15) is 0 Å². The molecule has 2 rings (SSSR count). The molecular weight excluding hydrogens is 360 g/mol. The highest BCUT2D eigenvalue weighted by atomic mass is 16.5. The van der Waals surface area contributed by atoms with Crippen molar-refractivity contribution in [1.29, 1.82) is 0 Å². The Morgan fingerprint density at radius 1 is 1.11 bits per heavy atom. The monoisotopic (exact) mass is 388 g/mol. The van der Waals surface area contributed by atoms with Gasteiger partial charge in [-0.25, -0.2) is 9.78 Å². The number of unbranched alkanes of at least 4 members (excludes halogenated alkanes) is 1. The number of aromatic nitrogens is 2. The van der Waals surface area contributed by atoms with Gasteiger partial charge in [0, 0.05) is 12.1 Å².